The Hall–Kier alpha value is -1.76. The summed E-state index contributed by atoms with van der Waals surface area (Å²) in [6.07, 6.45) is 0. The molecule has 17 heavy (non-hydrogen) atoms. The van der Waals surface area contributed by atoms with E-state index in [2.05, 4.69) is 49.4 Å². The van der Waals surface area contributed by atoms with Gasteiger partial charge in [0.25, 0.3) is 0 Å². The number of ether oxygens (including phenoxy) is 1. The van der Waals surface area contributed by atoms with Crippen molar-refractivity contribution < 1.29 is 4.74 Å². The topological polar surface area (TPSA) is 9.23 Å². The average molecular weight is 224 g/mol. The van der Waals surface area contributed by atoms with Gasteiger partial charge in [0.2, 0.25) is 0 Å². The van der Waals surface area contributed by atoms with Crippen LogP contribution in [0.5, 0.6) is 5.75 Å². The Kier molecular flexibility index (Phi) is 2.40. The van der Waals surface area contributed by atoms with Crippen LogP contribution in [0.1, 0.15) is 30.9 Å². The van der Waals surface area contributed by atoms with Crippen LogP contribution in [0.2, 0.25) is 0 Å². The van der Waals surface area contributed by atoms with Gasteiger partial charge in [0.1, 0.15) is 5.75 Å². The van der Waals surface area contributed by atoms with E-state index in [4.69, 9.17) is 4.74 Å². The predicted molar refractivity (Wildman–Crippen MR) is 70.6 cm³/mol. The molecular weight excluding hydrogens is 208 g/mol. The highest BCUT2D eigenvalue weighted by molar-refractivity contribution is 5.80. The van der Waals surface area contributed by atoms with Crippen LogP contribution in [-0.2, 0) is 0 Å². The van der Waals surface area contributed by atoms with Crippen molar-refractivity contribution >= 4 is 0 Å². The van der Waals surface area contributed by atoms with E-state index in [9.17, 15) is 0 Å². The minimum Gasteiger partial charge on any atom is -0.494 e. The fourth-order valence-electron chi connectivity index (χ4n) is 2.78. The lowest BCUT2D eigenvalue weighted by Crippen LogP contribution is -1.98. The second-order valence-corrected chi connectivity index (χ2v) is 4.46. The summed E-state index contributed by atoms with van der Waals surface area (Å²) in [6.45, 7) is 5.01. The van der Waals surface area contributed by atoms with Gasteiger partial charge in [0.15, 0.2) is 0 Å². The highest BCUT2D eigenvalue weighted by Crippen LogP contribution is 2.48. The third-order valence-corrected chi connectivity index (χ3v) is 3.52. The van der Waals surface area contributed by atoms with Crippen molar-refractivity contribution in [1.29, 1.82) is 0 Å². The first-order chi connectivity index (χ1) is 8.33. The summed E-state index contributed by atoms with van der Waals surface area (Å²) < 4.78 is 5.75. The smallest absolute Gasteiger partial charge is 0.123 e. The van der Waals surface area contributed by atoms with Crippen LogP contribution in [0.25, 0.3) is 11.1 Å². The lowest BCUT2D eigenvalue weighted by atomic mass is 9.99. The Bertz CT molecular complexity index is 557. The maximum absolute atomic E-state index is 5.75. The fourth-order valence-corrected chi connectivity index (χ4v) is 2.78. The first-order valence-electron chi connectivity index (χ1n) is 6.18. The van der Waals surface area contributed by atoms with E-state index in [0.717, 1.165) is 12.4 Å². The zero-order valence-electron chi connectivity index (χ0n) is 10.2. The van der Waals surface area contributed by atoms with E-state index in [1.165, 1.54) is 22.3 Å². The van der Waals surface area contributed by atoms with Crippen molar-refractivity contribution in [3.05, 3.63) is 53.6 Å². The van der Waals surface area contributed by atoms with Crippen molar-refractivity contribution in [2.45, 2.75) is 19.8 Å². The highest BCUT2D eigenvalue weighted by Gasteiger charge is 2.27. The second-order valence-electron chi connectivity index (χ2n) is 4.46. The molecule has 1 heteroatoms. The van der Waals surface area contributed by atoms with E-state index >= 15 is 0 Å². The number of fused-ring (bicyclic) bond motifs is 3. The Balaban J connectivity index is 2.23. The molecule has 1 aliphatic carbocycles. The Morgan fingerprint density at radius 2 is 1.76 bits per heavy atom. The van der Waals surface area contributed by atoms with Gasteiger partial charge in [-0.2, -0.15) is 0 Å². The van der Waals surface area contributed by atoms with Crippen molar-refractivity contribution in [1.82, 2.24) is 0 Å². The summed E-state index contributed by atoms with van der Waals surface area (Å²) in [7, 11) is 0. The lowest BCUT2D eigenvalue weighted by molar-refractivity contribution is 0.336. The highest BCUT2D eigenvalue weighted by atomic mass is 16.5. The summed E-state index contributed by atoms with van der Waals surface area (Å²) in [6, 6.07) is 15.0. The minimum absolute atomic E-state index is 0.434. The third-order valence-electron chi connectivity index (χ3n) is 3.52. The first kappa shape index (κ1) is 10.4. The van der Waals surface area contributed by atoms with Crippen molar-refractivity contribution in [3.8, 4) is 16.9 Å². The van der Waals surface area contributed by atoms with E-state index in [1.807, 2.05) is 6.92 Å². The molecule has 0 saturated carbocycles. The third kappa shape index (κ3) is 1.46. The van der Waals surface area contributed by atoms with Crippen LogP contribution in [-0.4, -0.2) is 6.61 Å². The van der Waals surface area contributed by atoms with Gasteiger partial charge in [-0.05, 0) is 29.7 Å². The molecule has 1 unspecified atom stereocenters. The molecule has 1 nitrogen and oxygen atoms in total. The SMILES string of the molecule is CCOc1cccc2c1C(C)c1ccccc1-2. The quantitative estimate of drug-likeness (QED) is 0.742. The largest absolute Gasteiger partial charge is 0.494 e. The molecule has 3 rings (SSSR count). The van der Waals surface area contributed by atoms with Gasteiger partial charge in [-0.25, -0.2) is 0 Å². The van der Waals surface area contributed by atoms with Crippen LogP contribution >= 0.6 is 0 Å². The fraction of sp³-hybridized carbons (Fsp3) is 0.250. The van der Waals surface area contributed by atoms with Crippen LogP contribution in [0.4, 0.5) is 0 Å². The first-order valence-corrected chi connectivity index (χ1v) is 6.18. The molecule has 1 aliphatic rings. The lowest BCUT2D eigenvalue weighted by Gasteiger charge is -2.12. The molecule has 0 fully saturated rings. The number of benzene rings is 2. The molecule has 0 heterocycles. The monoisotopic (exact) mass is 224 g/mol. The Morgan fingerprint density at radius 1 is 1.00 bits per heavy atom. The zero-order valence-corrected chi connectivity index (χ0v) is 10.2. The molecule has 0 radical (unpaired) electrons. The molecule has 0 aliphatic heterocycles. The molecule has 0 saturated heterocycles. The summed E-state index contributed by atoms with van der Waals surface area (Å²) in [5.41, 5.74) is 5.45. The summed E-state index contributed by atoms with van der Waals surface area (Å²) in [5.74, 6) is 1.47. The molecule has 0 aromatic heterocycles. The molecule has 2 aromatic rings. The van der Waals surface area contributed by atoms with Gasteiger partial charge in [-0.15, -0.1) is 0 Å². The minimum atomic E-state index is 0.434. The normalized spacial score (nSPS) is 16.5. The Morgan fingerprint density at radius 3 is 2.59 bits per heavy atom. The molecule has 0 amide bonds. The van der Waals surface area contributed by atoms with E-state index in [1.54, 1.807) is 0 Å². The van der Waals surface area contributed by atoms with Gasteiger partial charge >= 0.3 is 0 Å². The van der Waals surface area contributed by atoms with Crippen LogP contribution < -0.4 is 4.74 Å². The number of hydrogen-bond acceptors (Lipinski definition) is 1. The number of hydrogen-bond donors (Lipinski definition) is 0. The second kappa shape index (κ2) is 3.92. The van der Waals surface area contributed by atoms with Gasteiger partial charge in [0.05, 0.1) is 6.61 Å². The number of rotatable bonds is 2. The van der Waals surface area contributed by atoms with Gasteiger partial charge in [-0.1, -0.05) is 43.3 Å². The molecule has 2 aromatic carbocycles. The average Bonchev–Trinajstić information content (AvgIpc) is 2.66. The van der Waals surface area contributed by atoms with Crippen molar-refractivity contribution in [2.75, 3.05) is 6.61 Å². The van der Waals surface area contributed by atoms with Crippen molar-refractivity contribution in [3.63, 3.8) is 0 Å². The summed E-state index contributed by atoms with van der Waals surface area (Å²) in [5, 5.41) is 0. The Labute approximate surface area is 102 Å². The standard InChI is InChI=1S/C16H16O/c1-3-17-15-10-6-9-14-13-8-5-4-7-12(13)11(2)16(14)15/h4-11H,3H2,1-2H3. The van der Waals surface area contributed by atoms with E-state index in [-0.39, 0.29) is 0 Å². The summed E-state index contributed by atoms with van der Waals surface area (Å²) >= 11 is 0. The molecule has 1 atom stereocenters. The molecular formula is C16H16O. The van der Waals surface area contributed by atoms with Gasteiger partial charge in [0, 0.05) is 11.5 Å². The maximum Gasteiger partial charge on any atom is 0.123 e. The van der Waals surface area contributed by atoms with Gasteiger partial charge in [-0.3, -0.25) is 0 Å². The molecule has 0 bridgehead atoms. The molecule has 0 N–H and O–H groups in total. The predicted octanol–water partition coefficient (Wildman–Crippen LogP) is 4.22. The van der Waals surface area contributed by atoms with Crippen LogP contribution in [0.3, 0.4) is 0 Å². The molecule has 0 spiro atoms. The van der Waals surface area contributed by atoms with Crippen molar-refractivity contribution in [2.24, 2.45) is 0 Å². The van der Waals surface area contributed by atoms with E-state index in [0.29, 0.717) is 5.92 Å². The van der Waals surface area contributed by atoms with Crippen LogP contribution in [0.15, 0.2) is 42.5 Å². The van der Waals surface area contributed by atoms with Gasteiger partial charge < -0.3 is 4.74 Å². The zero-order chi connectivity index (χ0) is 11.8. The maximum atomic E-state index is 5.75. The van der Waals surface area contributed by atoms with Crippen LogP contribution in [0, 0.1) is 0 Å². The van der Waals surface area contributed by atoms with E-state index < -0.39 is 0 Å². The summed E-state index contributed by atoms with van der Waals surface area (Å²) in [4.78, 5) is 0. The molecule has 86 valence electrons.